The minimum absolute atomic E-state index is 0.135. The maximum Gasteiger partial charge on any atom is 0.282 e. The first-order valence-corrected chi connectivity index (χ1v) is 10.4. The number of nitrogens with zero attached hydrogens (tertiary/aromatic N) is 1. The number of hydrogen-bond donors (Lipinski definition) is 1. The molecule has 2 amide bonds. The van der Waals surface area contributed by atoms with E-state index in [9.17, 15) is 14.0 Å². The lowest BCUT2D eigenvalue weighted by Gasteiger charge is -2.19. The normalized spacial score (nSPS) is 13.7. The minimum atomic E-state index is -0.500. The number of imide groups is 1. The topological polar surface area (TPSA) is 58.6 Å². The molecule has 1 N–H and O–H groups in total. The summed E-state index contributed by atoms with van der Waals surface area (Å²) < 4.78 is 19.2. The zero-order valence-corrected chi connectivity index (χ0v) is 18.1. The van der Waals surface area contributed by atoms with Crippen LogP contribution in [0.1, 0.15) is 23.6 Å². The smallest absolute Gasteiger partial charge is 0.282 e. The molecule has 0 saturated heterocycles. The molecular formula is C26H23FN2O3. The van der Waals surface area contributed by atoms with E-state index in [0.29, 0.717) is 29.3 Å². The first-order chi connectivity index (χ1) is 15.4. The molecule has 0 aliphatic carbocycles. The van der Waals surface area contributed by atoms with E-state index in [0.717, 1.165) is 16.0 Å². The quantitative estimate of drug-likeness (QED) is 0.544. The van der Waals surface area contributed by atoms with Gasteiger partial charge in [-0.15, -0.1) is 0 Å². The van der Waals surface area contributed by atoms with Crippen LogP contribution in [0.2, 0.25) is 0 Å². The third-order valence-corrected chi connectivity index (χ3v) is 5.40. The molecular weight excluding hydrogens is 407 g/mol. The second kappa shape index (κ2) is 8.67. The van der Waals surface area contributed by atoms with Crippen molar-refractivity contribution in [2.75, 3.05) is 16.8 Å². The molecule has 0 spiro atoms. The van der Waals surface area contributed by atoms with E-state index in [1.54, 1.807) is 24.3 Å². The van der Waals surface area contributed by atoms with Gasteiger partial charge in [-0.25, -0.2) is 9.29 Å². The van der Waals surface area contributed by atoms with Gasteiger partial charge in [0.2, 0.25) is 0 Å². The third kappa shape index (κ3) is 3.87. The Balaban J connectivity index is 1.83. The molecule has 32 heavy (non-hydrogen) atoms. The zero-order chi connectivity index (χ0) is 22.8. The summed E-state index contributed by atoms with van der Waals surface area (Å²) >= 11 is 0. The largest absolute Gasteiger partial charge is 0.492 e. The molecule has 3 aromatic rings. The Kier molecular flexibility index (Phi) is 5.77. The molecule has 1 heterocycles. The Labute approximate surface area is 186 Å². The van der Waals surface area contributed by atoms with E-state index in [2.05, 4.69) is 5.32 Å². The van der Waals surface area contributed by atoms with Crippen molar-refractivity contribution in [3.63, 3.8) is 0 Å². The van der Waals surface area contributed by atoms with Crippen molar-refractivity contribution in [1.29, 1.82) is 0 Å². The average Bonchev–Trinajstić information content (AvgIpc) is 3.01. The number of carbonyl (C=O) groups is 2. The highest BCUT2D eigenvalue weighted by Crippen LogP contribution is 2.38. The number of nitrogens with one attached hydrogen (secondary N) is 1. The molecule has 4 rings (SSSR count). The minimum Gasteiger partial charge on any atom is -0.492 e. The Hall–Kier alpha value is -3.93. The fraction of sp³-hybridized carbons (Fsp3) is 0.154. The first-order valence-electron chi connectivity index (χ1n) is 10.4. The predicted molar refractivity (Wildman–Crippen MR) is 123 cm³/mol. The summed E-state index contributed by atoms with van der Waals surface area (Å²) in [6.45, 7) is 6.19. The number of para-hydroxylation sites is 2. The van der Waals surface area contributed by atoms with Crippen LogP contribution in [0.15, 0.2) is 72.4 Å². The highest BCUT2D eigenvalue weighted by molar-refractivity contribution is 6.46. The Morgan fingerprint density at radius 1 is 0.906 bits per heavy atom. The summed E-state index contributed by atoms with van der Waals surface area (Å²) in [5, 5.41) is 3.14. The fourth-order valence-corrected chi connectivity index (χ4v) is 3.63. The molecule has 3 aromatic carbocycles. The van der Waals surface area contributed by atoms with Crippen LogP contribution in [0, 0.1) is 19.7 Å². The molecule has 0 atom stereocenters. The van der Waals surface area contributed by atoms with E-state index < -0.39 is 17.6 Å². The van der Waals surface area contributed by atoms with Crippen molar-refractivity contribution in [2.24, 2.45) is 0 Å². The Morgan fingerprint density at radius 3 is 2.31 bits per heavy atom. The monoisotopic (exact) mass is 430 g/mol. The molecule has 0 aromatic heterocycles. The van der Waals surface area contributed by atoms with Crippen molar-refractivity contribution < 1.29 is 18.7 Å². The fourth-order valence-electron chi connectivity index (χ4n) is 3.63. The molecule has 0 unspecified atom stereocenters. The van der Waals surface area contributed by atoms with Crippen LogP contribution >= 0.6 is 0 Å². The number of hydrogen-bond acceptors (Lipinski definition) is 4. The van der Waals surface area contributed by atoms with E-state index in [1.165, 1.54) is 24.3 Å². The predicted octanol–water partition coefficient (Wildman–Crippen LogP) is 5.24. The summed E-state index contributed by atoms with van der Waals surface area (Å²) in [6.07, 6.45) is 0. The van der Waals surface area contributed by atoms with Gasteiger partial charge in [0.1, 0.15) is 17.3 Å². The second-order valence-corrected chi connectivity index (χ2v) is 7.53. The number of halogens is 1. The first kappa shape index (κ1) is 21.3. The molecule has 1 aliphatic heterocycles. The Morgan fingerprint density at radius 2 is 1.62 bits per heavy atom. The molecule has 0 radical (unpaired) electrons. The molecule has 6 heteroatoms. The molecule has 0 bridgehead atoms. The van der Waals surface area contributed by atoms with Gasteiger partial charge in [0.05, 0.1) is 17.9 Å². The number of carbonyl (C=O) groups excluding carboxylic acids is 2. The number of rotatable bonds is 6. The number of anilines is 2. The third-order valence-electron chi connectivity index (χ3n) is 5.40. The summed E-state index contributed by atoms with van der Waals surface area (Å²) in [7, 11) is 0. The molecule has 162 valence electrons. The SMILES string of the molecule is CCOc1ccccc1N1C(=O)C(Nc2ccc(C)c(C)c2)=C(c2ccc(F)cc2)C1=O. The molecule has 0 saturated carbocycles. The lowest BCUT2D eigenvalue weighted by Crippen LogP contribution is -2.32. The van der Waals surface area contributed by atoms with E-state index in [-0.39, 0.29) is 11.3 Å². The lowest BCUT2D eigenvalue weighted by molar-refractivity contribution is -0.120. The summed E-state index contributed by atoms with van der Waals surface area (Å²) in [5.74, 6) is -0.990. The maximum atomic E-state index is 13.5. The standard InChI is InChI=1S/C26H23FN2O3/c1-4-32-22-8-6-5-7-21(22)29-25(30)23(18-10-12-19(27)13-11-18)24(26(29)31)28-20-14-9-16(2)17(3)15-20/h5-15,28H,4H2,1-3H3. The van der Waals surface area contributed by atoms with Gasteiger partial charge < -0.3 is 10.1 Å². The number of aryl methyl sites for hydroxylation is 2. The number of ether oxygens (including phenoxy) is 1. The van der Waals surface area contributed by atoms with Crippen LogP contribution in [0.4, 0.5) is 15.8 Å². The van der Waals surface area contributed by atoms with E-state index in [4.69, 9.17) is 4.74 Å². The lowest BCUT2D eigenvalue weighted by atomic mass is 10.0. The van der Waals surface area contributed by atoms with Gasteiger partial charge in [-0.3, -0.25) is 9.59 Å². The highest BCUT2D eigenvalue weighted by atomic mass is 19.1. The van der Waals surface area contributed by atoms with Gasteiger partial charge in [0.15, 0.2) is 0 Å². The maximum absolute atomic E-state index is 13.5. The summed E-state index contributed by atoms with van der Waals surface area (Å²) in [5.41, 5.74) is 3.98. The molecule has 0 fully saturated rings. The van der Waals surface area contributed by atoms with Crippen LogP contribution in [0.3, 0.4) is 0 Å². The van der Waals surface area contributed by atoms with E-state index in [1.807, 2.05) is 39.0 Å². The Bertz CT molecular complexity index is 1230. The van der Waals surface area contributed by atoms with Crippen molar-refractivity contribution in [3.05, 3.63) is 94.9 Å². The number of amides is 2. The summed E-state index contributed by atoms with van der Waals surface area (Å²) in [4.78, 5) is 28.2. The van der Waals surface area contributed by atoms with Crippen molar-refractivity contribution in [1.82, 2.24) is 0 Å². The van der Waals surface area contributed by atoms with Crippen LogP contribution in [-0.2, 0) is 9.59 Å². The summed E-state index contributed by atoms with van der Waals surface area (Å²) in [6, 6.07) is 18.1. The van der Waals surface area contributed by atoms with Crippen LogP contribution in [0.5, 0.6) is 5.75 Å². The van der Waals surface area contributed by atoms with Crippen LogP contribution in [0.25, 0.3) is 5.57 Å². The molecule has 1 aliphatic rings. The van der Waals surface area contributed by atoms with Crippen molar-refractivity contribution >= 4 is 28.8 Å². The van der Waals surface area contributed by atoms with Crippen LogP contribution < -0.4 is 15.0 Å². The number of benzene rings is 3. The van der Waals surface area contributed by atoms with E-state index >= 15 is 0 Å². The second-order valence-electron chi connectivity index (χ2n) is 7.53. The average molecular weight is 430 g/mol. The molecule has 5 nitrogen and oxygen atoms in total. The highest BCUT2D eigenvalue weighted by Gasteiger charge is 2.41. The van der Waals surface area contributed by atoms with Gasteiger partial charge in [-0.2, -0.15) is 0 Å². The van der Waals surface area contributed by atoms with Gasteiger partial charge in [-0.1, -0.05) is 30.3 Å². The van der Waals surface area contributed by atoms with Crippen molar-refractivity contribution in [3.8, 4) is 5.75 Å². The van der Waals surface area contributed by atoms with Gasteiger partial charge in [0, 0.05) is 5.69 Å². The van der Waals surface area contributed by atoms with Gasteiger partial charge in [0.25, 0.3) is 11.8 Å². The van der Waals surface area contributed by atoms with Crippen molar-refractivity contribution in [2.45, 2.75) is 20.8 Å². The van der Waals surface area contributed by atoms with Gasteiger partial charge >= 0.3 is 0 Å². The van der Waals surface area contributed by atoms with Crippen LogP contribution in [-0.4, -0.2) is 18.4 Å². The van der Waals surface area contributed by atoms with Gasteiger partial charge in [-0.05, 0) is 73.9 Å². The zero-order valence-electron chi connectivity index (χ0n) is 18.1.